The number of carbonyl (C=O) groups excluding carboxylic acids is 1. The summed E-state index contributed by atoms with van der Waals surface area (Å²) in [5.41, 5.74) is 1.98. The molecular weight excluding hydrogens is 428 g/mol. The minimum Gasteiger partial charge on any atom is -0.368 e. The molecule has 0 unspecified atom stereocenters. The summed E-state index contributed by atoms with van der Waals surface area (Å²) in [5.74, 6) is 0.558. The van der Waals surface area contributed by atoms with Gasteiger partial charge in [0, 0.05) is 74.9 Å². The maximum Gasteiger partial charge on any atom is 0.253 e. The Labute approximate surface area is 199 Å². The van der Waals surface area contributed by atoms with Crippen molar-refractivity contribution >= 4 is 28.2 Å². The Balaban J connectivity index is 1.19. The van der Waals surface area contributed by atoms with Gasteiger partial charge in [-0.2, -0.15) is 0 Å². The molecule has 0 radical (unpaired) electrons. The average Bonchev–Trinajstić information content (AvgIpc) is 3.36. The van der Waals surface area contributed by atoms with Crippen LogP contribution in [0.15, 0.2) is 60.8 Å². The standard InChI is InChI=1S/C27H30N4O3/c32-26(31-12-9-27(10-13-31)33-18-19-34-27)22-7-6-21-8-11-28-25(24(21)20-22)30-16-14-29(15-17-30)23-4-2-1-3-5-23/h1-8,11,20H,9-10,12-19H2. The van der Waals surface area contributed by atoms with E-state index < -0.39 is 5.79 Å². The minimum atomic E-state index is -0.473. The zero-order valence-electron chi connectivity index (χ0n) is 19.4. The molecule has 6 rings (SSSR count). The van der Waals surface area contributed by atoms with Crippen molar-refractivity contribution in [1.29, 1.82) is 0 Å². The van der Waals surface area contributed by atoms with Gasteiger partial charge >= 0.3 is 0 Å². The van der Waals surface area contributed by atoms with Gasteiger partial charge in [0.15, 0.2) is 5.79 Å². The van der Waals surface area contributed by atoms with Gasteiger partial charge in [-0.25, -0.2) is 4.98 Å². The summed E-state index contributed by atoms with van der Waals surface area (Å²) < 4.78 is 11.6. The molecule has 34 heavy (non-hydrogen) atoms. The number of nitrogens with zero attached hydrogens (tertiary/aromatic N) is 4. The first-order chi connectivity index (χ1) is 16.7. The number of amides is 1. The lowest BCUT2D eigenvalue weighted by Gasteiger charge is -2.38. The number of ether oxygens (including phenoxy) is 2. The highest BCUT2D eigenvalue weighted by molar-refractivity contribution is 6.01. The van der Waals surface area contributed by atoms with Crippen molar-refractivity contribution in [1.82, 2.24) is 9.88 Å². The van der Waals surface area contributed by atoms with E-state index in [1.165, 1.54) is 5.69 Å². The molecule has 3 aliphatic heterocycles. The van der Waals surface area contributed by atoms with Crippen molar-refractivity contribution in [2.24, 2.45) is 0 Å². The van der Waals surface area contributed by atoms with Crippen molar-refractivity contribution in [2.45, 2.75) is 18.6 Å². The van der Waals surface area contributed by atoms with Gasteiger partial charge in [0.1, 0.15) is 5.82 Å². The van der Waals surface area contributed by atoms with Crippen LogP contribution in [0, 0.1) is 0 Å². The van der Waals surface area contributed by atoms with E-state index in [0.29, 0.717) is 31.9 Å². The first-order valence-electron chi connectivity index (χ1n) is 12.2. The summed E-state index contributed by atoms with van der Waals surface area (Å²) in [4.78, 5) is 24.8. The van der Waals surface area contributed by atoms with Crippen LogP contribution in [0.1, 0.15) is 23.2 Å². The number of hydrogen-bond acceptors (Lipinski definition) is 6. The van der Waals surface area contributed by atoms with E-state index in [4.69, 9.17) is 14.5 Å². The topological polar surface area (TPSA) is 58.1 Å². The predicted octanol–water partition coefficient (Wildman–Crippen LogP) is 3.54. The second-order valence-corrected chi connectivity index (χ2v) is 9.28. The number of piperazine rings is 1. The molecule has 4 heterocycles. The third-order valence-corrected chi connectivity index (χ3v) is 7.32. The zero-order valence-corrected chi connectivity index (χ0v) is 19.4. The third-order valence-electron chi connectivity index (χ3n) is 7.32. The van der Waals surface area contributed by atoms with Crippen molar-refractivity contribution < 1.29 is 14.3 Å². The summed E-state index contributed by atoms with van der Waals surface area (Å²) in [6, 6.07) is 18.6. The second-order valence-electron chi connectivity index (χ2n) is 9.28. The van der Waals surface area contributed by atoms with Gasteiger partial charge in [0.05, 0.1) is 13.2 Å². The Hall–Kier alpha value is -3.16. The molecule has 0 aliphatic carbocycles. The normalized spacial score (nSPS) is 20.3. The van der Waals surface area contributed by atoms with Crippen LogP contribution >= 0.6 is 0 Å². The van der Waals surface area contributed by atoms with Crippen molar-refractivity contribution in [3.05, 3.63) is 66.4 Å². The maximum absolute atomic E-state index is 13.3. The fourth-order valence-electron chi connectivity index (χ4n) is 5.37. The fourth-order valence-corrected chi connectivity index (χ4v) is 5.37. The van der Waals surface area contributed by atoms with Crippen LogP contribution in [0.25, 0.3) is 10.8 Å². The summed E-state index contributed by atoms with van der Waals surface area (Å²) in [6.45, 7) is 6.28. The SMILES string of the molecule is O=C(c1ccc2ccnc(N3CCN(c4ccccc4)CC3)c2c1)N1CCC2(CC1)OCCO2. The van der Waals surface area contributed by atoms with Gasteiger partial charge in [-0.15, -0.1) is 0 Å². The monoisotopic (exact) mass is 458 g/mol. The fraction of sp³-hybridized carbons (Fsp3) is 0.407. The molecule has 3 aromatic rings. The number of hydrogen-bond donors (Lipinski definition) is 0. The van der Waals surface area contributed by atoms with Crippen molar-refractivity contribution in [3.8, 4) is 0 Å². The minimum absolute atomic E-state index is 0.0680. The lowest BCUT2D eigenvalue weighted by Crippen LogP contribution is -2.47. The van der Waals surface area contributed by atoms with Crippen LogP contribution in [0.4, 0.5) is 11.5 Å². The number of rotatable bonds is 3. The number of benzene rings is 2. The van der Waals surface area contributed by atoms with Crippen molar-refractivity contribution in [3.63, 3.8) is 0 Å². The van der Waals surface area contributed by atoms with Crippen LogP contribution in [-0.4, -0.2) is 74.1 Å². The van der Waals surface area contributed by atoms with E-state index >= 15 is 0 Å². The van der Waals surface area contributed by atoms with E-state index in [0.717, 1.165) is 55.6 Å². The lowest BCUT2D eigenvalue weighted by atomic mass is 10.0. The van der Waals surface area contributed by atoms with Crippen LogP contribution in [-0.2, 0) is 9.47 Å². The largest absolute Gasteiger partial charge is 0.368 e. The van der Waals surface area contributed by atoms with Gasteiger partial charge in [-0.3, -0.25) is 4.79 Å². The molecule has 0 N–H and O–H groups in total. The van der Waals surface area contributed by atoms with Crippen LogP contribution in [0.5, 0.6) is 0 Å². The number of para-hydroxylation sites is 1. The van der Waals surface area contributed by atoms with E-state index in [1.54, 1.807) is 0 Å². The van der Waals surface area contributed by atoms with E-state index in [-0.39, 0.29) is 5.91 Å². The molecule has 1 amide bonds. The van der Waals surface area contributed by atoms with E-state index in [1.807, 2.05) is 35.4 Å². The first-order valence-corrected chi connectivity index (χ1v) is 12.2. The Morgan fingerprint density at radius 2 is 1.53 bits per heavy atom. The molecule has 1 aromatic heterocycles. The Morgan fingerprint density at radius 3 is 2.26 bits per heavy atom. The summed E-state index contributed by atoms with van der Waals surface area (Å²) in [7, 11) is 0. The molecule has 176 valence electrons. The first kappa shape index (κ1) is 21.4. The van der Waals surface area contributed by atoms with E-state index in [9.17, 15) is 4.79 Å². The van der Waals surface area contributed by atoms with E-state index in [2.05, 4.69) is 40.1 Å². The number of fused-ring (bicyclic) bond motifs is 1. The van der Waals surface area contributed by atoms with Crippen molar-refractivity contribution in [2.75, 3.05) is 62.3 Å². The number of pyridine rings is 1. The second kappa shape index (κ2) is 8.89. The molecule has 2 aromatic carbocycles. The highest BCUT2D eigenvalue weighted by Gasteiger charge is 2.40. The zero-order chi connectivity index (χ0) is 23.0. The van der Waals surface area contributed by atoms with Crippen LogP contribution in [0.3, 0.4) is 0 Å². The number of piperidine rings is 1. The molecule has 7 heteroatoms. The molecule has 3 aliphatic rings. The number of likely N-dealkylation sites (tertiary alicyclic amines) is 1. The number of carbonyl (C=O) groups is 1. The predicted molar refractivity (Wildman–Crippen MR) is 132 cm³/mol. The summed E-state index contributed by atoms with van der Waals surface area (Å²) >= 11 is 0. The highest BCUT2D eigenvalue weighted by Crippen LogP contribution is 2.33. The highest BCUT2D eigenvalue weighted by atomic mass is 16.7. The lowest BCUT2D eigenvalue weighted by molar-refractivity contribution is -0.181. The van der Waals surface area contributed by atoms with Crippen LogP contribution in [0.2, 0.25) is 0 Å². The Kier molecular flexibility index (Phi) is 5.59. The van der Waals surface area contributed by atoms with Gasteiger partial charge in [0.2, 0.25) is 0 Å². The average molecular weight is 459 g/mol. The summed E-state index contributed by atoms with van der Waals surface area (Å²) in [5, 5.41) is 2.15. The molecular formula is C27H30N4O3. The molecule has 0 atom stereocenters. The maximum atomic E-state index is 13.3. The Morgan fingerprint density at radius 1 is 0.824 bits per heavy atom. The number of aromatic nitrogens is 1. The molecule has 3 saturated heterocycles. The molecule has 0 saturated carbocycles. The van der Waals surface area contributed by atoms with Gasteiger partial charge in [-0.1, -0.05) is 24.3 Å². The molecule has 7 nitrogen and oxygen atoms in total. The van der Waals surface area contributed by atoms with Gasteiger partial charge in [0.25, 0.3) is 5.91 Å². The number of anilines is 2. The van der Waals surface area contributed by atoms with Gasteiger partial charge < -0.3 is 24.2 Å². The summed E-state index contributed by atoms with van der Waals surface area (Å²) in [6.07, 6.45) is 3.32. The molecule has 0 bridgehead atoms. The molecule has 3 fully saturated rings. The smallest absolute Gasteiger partial charge is 0.253 e. The van der Waals surface area contributed by atoms with Gasteiger partial charge in [-0.05, 0) is 35.7 Å². The quantitative estimate of drug-likeness (QED) is 0.599. The third kappa shape index (κ3) is 3.99. The van der Waals surface area contributed by atoms with Crippen LogP contribution < -0.4 is 9.80 Å². The molecule has 1 spiro atoms. The Bertz CT molecular complexity index is 1160.